The zero-order chi connectivity index (χ0) is 14.7. The molecule has 1 aliphatic heterocycles. The van der Waals surface area contributed by atoms with Crippen LogP contribution in [0.25, 0.3) is 0 Å². The van der Waals surface area contributed by atoms with Crippen LogP contribution in [0.4, 0.5) is 0 Å². The third kappa shape index (κ3) is 3.37. The number of hydrogen-bond acceptors (Lipinski definition) is 3. The number of rotatable bonds is 4. The Kier molecular flexibility index (Phi) is 4.73. The minimum atomic E-state index is 0.420. The van der Waals surface area contributed by atoms with Gasteiger partial charge in [0.15, 0.2) is 0 Å². The summed E-state index contributed by atoms with van der Waals surface area (Å²) >= 11 is 8.12. The Morgan fingerprint density at radius 3 is 2.95 bits per heavy atom. The molecule has 1 aliphatic rings. The highest BCUT2D eigenvalue weighted by Gasteiger charge is 2.19. The first-order chi connectivity index (χ1) is 10.3. The number of halogens is 1. The largest absolute Gasteiger partial charge is 0.495 e. The number of hydrogen-bond donors (Lipinski definition) is 1. The van der Waals surface area contributed by atoms with Gasteiger partial charge in [-0.25, -0.2) is 0 Å². The molecule has 0 aliphatic carbocycles. The molecule has 0 saturated heterocycles. The SMILES string of the molecule is COc1ccc(CNC2CCSc3ccccc32)cc1Cl. The predicted octanol–water partition coefficient (Wildman–Crippen LogP) is 4.68. The minimum absolute atomic E-state index is 0.420. The molecule has 1 N–H and O–H groups in total. The van der Waals surface area contributed by atoms with E-state index in [1.54, 1.807) is 7.11 Å². The summed E-state index contributed by atoms with van der Waals surface area (Å²) in [5, 5.41) is 4.31. The van der Waals surface area contributed by atoms with Crippen molar-refractivity contribution in [3.8, 4) is 5.75 Å². The molecule has 110 valence electrons. The number of nitrogens with one attached hydrogen (secondary N) is 1. The van der Waals surface area contributed by atoms with Crippen molar-refractivity contribution in [2.24, 2.45) is 0 Å². The second kappa shape index (κ2) is 6.73. The van der Waals surface area contributed by atoms with Gasteiger partial charge in [0.05, 0.1) is 12.1 Å². The molecular weight excluding hydrogens is 302 g/mol. The number of fused-ring (bicyclic) bond motifs is 1. The molecule has 1 atom stereocenters. The summed E-state index contributed by atoms with van der Waals surface area (Å²) in [6.45, 7) is 0.813. The van der Waals surface area contributed by atoms with Gasteiger partial charge in [-0.1, -0.05) is 35.9 Å². The third-order valence-electron chi connectivity index (χ3n) is 3.73. The summed E-state index contributed by atoms with van der Waals surface area (Å²) in [5.74, 6) is 1.89. The van der Waals surface area contributed by atoms with Gasteiger partial charge in [0.25, 0.3) is 0 Å². The molecule has 0 radical (unpaired) electrons. The molecule has 2 aromatic carbocycles. The van der Waals surface area contributed by atoms with Crippen LogP contribution >= 0.6 is 23.4 Å². The normalized spacial score (nSPS) is 17.3. The summed E-state index contributed by atoms with van der Waals surface area (Å²) < 4.78 is 5.19. The average molecular weight is 320 g/mol. The van der Waals surface area contributed by atoms with Crippen molar-refractivity contribution < 1.29 is 4.74 Å². The van der Waals surface area contributed by atoms with Gasteiger partial charge in [-0.2, -0.15) is 0 Å². The lowest BCUT2D eigenvalue weighted by Crippen LogP contribution is -2.24. The fourth-order valence-corrected chi connectivity index (χ4v) is 4.02. The van der Waals surface area contributed by atoms with Crippen molar-refractivity contribution in [1.29, 1.82) is 0 Å². The Morgan fingerprint density at radius 1 is 1.29 bits per heavy atom. The van der Waals surface area contributed by atoms with Crippen LogP contribution < -0.4 is 10.1 Å². The Labute approximate surface area is 134 Å². The quantitative estimate of drug-likeness (QED) is 0.884. The van der Waals surface area contributed by atoms with Crippen molar-refractivity contribution in [3.63, 3.8) is 0 Å². The van der Waals surface area contributed by atoms with Crippen molar-refractivity contribution >= 4 is 23.4 Å². The van der Waals surface area contributed by atoms with Crippen LogP contribution in [0.1, 0.15) is 23.6 Å². The van der Waals surface area contributed by atoms with Gasteiger partial charge in [-0.15, -0.1) is 11.8 Å². The maximum absolute atomic E-state index is 6.18. The molecule has 0 aromatic heterocycles. The smallest absolute Gasteiger partial charge is 0.137 e. The van der Waals surface area contributed by atoms with E-state index in [1.807, 2.05) is 23.9 Å². The first kappa shape index (κ1) is 14.8. The van der Waals surface area contributed by atoms with Gasteiger partial charge < -0.3 is 10.1 Å². The van der Waals surface area contributed by atoms with Crippen molar-refractivity contribution in [3.05, 3.63) is 58.6 Å². The second-order valence-electron chi connectivity index (χ2n) is 5.08. The summed E-state index contributed by atoms with van der Waals surface area (Å²) in [6.07, 6.45) is 1.16. The summed E-state index contributed by atoms with van der Waals surface area (Å²) in [7, 11) is 1.63. The van der Waals surface area contributed by atoms with E-state index in [1.165, 1.54) is 16.0 Å². The Hall–Kier alpha value is -1.16. The monoisotopic (exact) mass is 319 g/mol. The van der Waals surface area contributed by atoms with Gasteiger partial charge in [-0.3, -0.25) is 0 Å². The number of thioether (sulfide) groups is 1. The molecule has 1 unspecified atom stereocenters. The average Bonchev–Trinajstić information content (AvgIpc) is 2.53. The van der Waals surface area contributed by atoms with Gasteiger partial charge >= 0.3 is 0 Å². The van der Waals surface area contributed by atoms with E-state index in [-0.39, 0.29) is 0 Å². The van der Waals surface area contributed by atoms with Crippen LogP contribution in [0, 0.1) is 0 Å². The molecule has 0 fully saturated rings. The predicted molar refractivity (Wildman–Crippen MR) is 89.4 cm³/mol. The van der Waals surface area contributed by atoms with Gasteiger partial charge in [0, 0.05) is 17.5 Å². The molecule has 3 rings (SSSR count). The molecule has 0 bridgehead atoms. The summed E-state index contributed by atoms with van der Waals surface area (Å²) in [6, 6.07) is 15.0. The molecule has 21 heavy (non-hydrogen) atoms. The maximum atomic E-state index is 6.18. The van der Waals surface area contributed by atoms with Crippen LogP contribution in [-0.4, -0.2) is 12.9 Å². The van der Waals surface area contributed by atoms with Gasteiger partial charge in [-0.05, 0) is 41.5 Å². The highest BCUT2D eigenvalue weighted by molar-refractivity contribution is 7.99. The van der Waals surface area contributed by atoms with Crippen molar-refractivity contribution in [2.75, 3.05) is 12.9 Å². The topological polar surface area (TPSA) is 21.3 Å². The molecule has 0 spiro atoms. The van der Waals surface area contributed by atoms with Crippen molar-refractivity contribution in [2.45, 2.75) is 23.9 Å². The van der Waals surface area contributed by atoms with E-state index in [2.05, 4.69) is 35.6 Å². The molecule has 2 nitrogen and oxygen atoms in total. The fraction of sp³-hybridized carbons (Fsp3) is 0.294. The number of ether oxygens (including phenoxy) is 1. The Balaban J connectivity index is 1.70. The second-order valence-corrected chi connectivity index (χ2v) is 6.62. The number of benzene rings is 2. The van der Waals surface area contributed by atoms with Crippen LogP contribution in [0.5, 0.6) is 5.75 Å². The van der Waals surface area contributed by atoms with E-state index in [9.17, 15) is 0 Å². The first-order valence-electron chi connectivity index (χ1n) is 7.05. The van der Waals surface area contributed by atoms with Gasteiger partial charge in [0.1, 0.15) is 5.75 Å². The molecule has 1 heterocycles. The fourth-order valence-electron chi connectivity index (χ4n) is 2.62. The Bertz CT molecular complexity index is 632. The highest BCUT2D eigenvalue weighted by atomic mass is 35.5. The zero-order valence-corrected chi connectivity index (χ0v) is 13.5. The molecule has 0 saturated carbocycles. The van der Waals surface area contributed by atoms with E-state index in [0.29, 0.717) is 11.1 Å². The van der Waals surface area contributed by atoms with Crippen LogP contribution in [0.15, 0.2) is 47.4 Å². The lowest BCUT2D eigenvalue weighted by Gasteiger charge is -2.26. The molecule has 2 aromatic rings. The Morgan fingerprint density at radius 2 is 2.14 bits per heavy atom. The summed E-state index contributed by atoms with van der Waals surface area (Å²) in [4.78, 5) is 1.40. The standard InChI is InChI=1S/C17H18ClNOS/c1-20-16-7-6-12(10-14(16)18)11-19-15-8-9-21-17-5-3-2-4-13(15)17/h2-7,10,15,19H,8-9,11H2,1H3. The van der Waals surface area contributed by atoms with Crippen molar-refractivity contribution in [1.82, 2.24) is 5.32 Å². The zero-order valence-electron chi connectivity index (χ0n) is 11.9. The van der Waals surface area contributed by atoms with E-state index >= 15 is 0 Å². The van der Waals surface area contributed by atoms with E-state index in [0.717, 1.165) is 24.5 Å². The lowest BCUT2D eigenvalue weighted by atomic mass is 10.0. The molecular formula is C17H18ClNOS. The lowest BCUT2D eigenvalue weighted by molar-refractivity contribution is 0.414. The molecule has 4 heteroatoms. The number of methoxy groups -OCH3 is 1. The van der Waals surface area contributed by atoms with Crippen LogP contribution in [0.3, 0.4) is 0 Å². The molecule has 0 amide bonds. The van der Waals surface area contributed by atoms with Gasteiger partial charge in [0.2, 0.25) is 0 Å². The summed E-state index contributed by atoms with van der Waals surface area (Å²) in [5.41, 5.74) is 2.59. The third-order valence-corrected chi connectivity index (χ3v) is 5.15. The van der Waals surface area contributed by atoms with E-state index < -0.39 is 0 Å². The first-order valence-corrected chi connectivity index (χ1v) is 8.42. The van der Waals surface area contributed by atoms with Crippen LogP contribution in [-0.2, 0) is 6.54 Å². The van der Waals surface area contributed by atoms with Crippen LogP contribution in [0.2, 0.25) is 5.02 Å². The minimum Gasteiger partial charge on any atom is -0.495 e. The van der Waals surface area contributed by atoms with E-state index in [4.69, 9.17) is 16.3 Å². The highest BCUT2D eigenvalue weighted by Crippen LogP contribution is 2.36. The maximum Gasteiger partial charge on any atom is 0.137 e.